The Balaban J connectivity index is 2.60. The van der Waals surface area contributed by atoms with E-state index in [0.717, 1.165) is 30.8 Å². The molecule has 0 aliphatic rings. The maximum Gasteiger partial charge on any atom is 0.122 e. The Morgan fingerprint density at radius 2 is 1.93 bits per heavy atom. The second-order valence-corrected chi connectivity index (χ2v) is 3.87. The van der Waals surface area contributed by atoms with Gasteiger partial charge in [-0.2, -0.15) is 0 Å². The second-order valence-electron chi connectivity index (χ2n) is 3.87. The van der Waals surface area contributed by atoms with Crippen LogP contribution in [0.1, 0.15) is 16.7 Å². The highest BCUT2D eigenvalue weighted by molar-refractivity contribution is 5.42. The van der Waals surface area contributed by atoms with E-state index in [2.05, 4.69) is 10.6 Å². The zero-order valence-electron chi connectivity index (χ0n) is 9.72. The first-order valence-corrected chi connectivity index (χ1v) is 5.29. The average Bonchev–Trinajstić information content (AvgIpc) is 2.19. The van der Waals surface area contributed by atoms with Gasteiger partial charge in [-0.3, -0.25) is 0 Å². The maximum absolute atomic E-state index is 9.82. The molecule has 0 amide bonds. The summed E-state index contributed by atoms with van der Waals surface area (Å²) in [5.74, 6) is 0.414. The van der Waals surface area contributed by atoms with E-state index >= 15 is 0 Å². The fraction of sp³-hybridized carbons (Fsp3) is 0.500. The third kappa shape index (κ3) is 3.53. The third-order valence-corrected chi connectivity index (χ3v) is 2.39. The van der Waals surface area contributed by atoms with Crippen LogP contribution in [0.15, 0.2) is 12.1 Å². The molecule has 0 fully saturated rings. The highest BCUT2D eigenvalue weighted by Gasteiger charge is 2.04. The van der Waals surface area contributed by atoms with Gasteiger partial charge in [-0.15, -0.1) is 0 Å². The summed E-state index contributed by atoms with van der Waals surface area (Å²) in [6.45, 7) is 6.54. The summed E-state index contributed by atoms with van der Waals surface area (Å²) in [4.78, 5) is 0. The van der Waals surface area contributed by atoms with Crippen LogP contribution < -0.4 is 10.6 Å². The first-order chi connectivity index (χ1) is 7.15. The minimum Gasteiger partial charge on any atom is -0.507 e. The highest BCUT2D eigenvalue weighted by atomic mass is 16.3. The molecular weight excluding hydrogens is 188 g/mol. The molecule has 0 saturated carbocycles. The van der Waals surface area contributed by atoms with Crippen LogP contribution >= 0.6 is 0 Å². The minimum absolute atomic E-state index is 0.414. The van der Waals surface area contributed by atoms with E-state index in [4.69, 9.17) is 0 Å². The number of aryl methyl sites for hydroxylation is 2. The third-order valence-electron chi connectivity index (χ3n) is 2.39. The molecule has 0 aliphatic carbocycles. The monoisotopic (exact) mass is 208 g/mol. The number of hydrogen-bond donors (Lipinski definition) is 3. The van der Waals surface area contributed by atoms with Gasteiger partial charge in [0, 0.05) is 25.2 Å². The summed E-state index contributed by atoms with van der Waals surface area (Å²) in [6.07, 6.45) is 0. The molecule has 0 aliphatic heterocycles. The first kappa shape index (κ1) is 12.0. The summed E-state index contributed by atoms with van der Waals surface area (Å²) in [6, 6.07) is 4.02. The van der Waals surface area contributed by atoms with Crippen LogP contribution in [-0.4, -0.2) is 25.2 Å². The lowest BCUT2D eigenvalue weighted by atomic mass is 10.1. The molecule has 15 heavy (non-hydrogen) atoms. The van der Waals surface area contributed by atoms with Gasteiger partial charge in [-0.1, -0.05) is 17.7 Å². The number of rotatable bonds is 5. The molecule has 0 radical (unpaired) electrons. The highest BCUT2D eigenvalue weighted by Crippen LogP contribution is 2.23. The molecule has 1 aromatic carbocycles. The molecule has 0 spiro atoms. The van der Waals surface area contributed by atoms with E-state index in [1.807, 2.05) is 33.0 Å². The Kier molecular flexibility index (Phi) is 4.59. The predicted octanol–water partition coefficient (Wildman–Crippen LogP) is 1.32. The lowest BCUT2D eigenvalue weighted by Crippen LogP contribution is -2.24. The Labute approximate surface area is 91.5 Å². The standard InChI is InChI=1S/C12H20N2O/c1-9-6-10(2)12(15)11(7-9)8-14-5-4-13-3/h6-7,13-15H,4-5,8H2,1-3H3. The predicted molar refractivity (Wildman–Crippen MR) is 63.2 cm³/mol. The SMILES string of the molecule is CNCCNCc1cc(C)cc(C)c1O. The number of phenols is 1. The number of likely N-dealkylation sites (N-methyl/N-ethyl adjacent to an activating group) is 1. The molecule has 3 nitrogen and oxygen atoms in total. The molecule has 0 heterocycles. The summed E-state index contributed by atoms with van der Waals surface area (Å²) in [5.41, 5.74) is 3.11. The van der Waals surface area contributed by atoms with Crippen molar-refractivity contribution in [3.05, 3.63) is 28.8 Å². The van der Waals surface area contributed by atoms with Crippen molar-refractivity contribution in [1.29, 1.82) is 0 Å². The number of aromatic hydroxyl groups is 1. The van der Waals surface area contributed by atoms with Gasteiger partial charge >= 0.3 is 0 Å². The van der Waals surface area contributed by atoms with Crippen molar-refractivity contribution in [2.24, 2.45) is 0 Å². The number of phenolic OH excluding ortho intramolecular Hbond substituents is 1. The van der Waals surface area contributed by atoms with Gasteiger partial charge in [-0.05, 0) is 26.5 Å². The van der Waals surface area contributed by atoms with Crippen molar-refractivity contribution in [3.8, 4) is 5.75 Å². The fourth-order valence-corrected chi connectivity index (χ4v) is 1.62. The summed E-state index contributed by atoms with van der Waals surface area (Å²) < 4.78 is 0. The number of nitrogens with one attached hydrogen (secondary N) is 2. The van der Waals surface area contributed by atoms with Crippen LogP contribution in [0.5, 0.6) is 5.75 Å². The number of benzene rings is 1. The van der Waals surface area contributed by atoms with Crippen molar-refractivity contribution >= 4 is 0 Å². The lowest BCUT2D eigenvalue weighted by molar-refractivity contribution is 0.460. The zero-order valence-corrected chi connectivity index (χ0v) is 9.72. The van der Waals surface area contributed by atoms with E-state index in [9.17, 15) is 5.11 Å². The smallest absolute Gasteiger partial charge is 0.122 e. The van der Waals surface area contributed by atoms with Crippen LogP contribution in [0.25, 0.3) is 0 Å². The molecule has 0 unspecified atom stereocenters. The molecule has 84 valence electrons. The molecule has 1 aromatic rings. The quantitative estimate of drug-likeness (QED) is 0.639. The van der Waals surface area contributed by atoms with Crippen LogP contribution in [0.2, 0.25) is 0 Å². The molecule has 0 aromatic heterocycles. The number of hydrogen-bond acceptors (Lipinski definition) is 3. The molecule has 0 saturated heterocycles. The van der Waals surface area contributed by atoms with Gasteiger partial charge in [-0.25, -0.2) is 0 Å². The lowest BCUT2D eigenvalue weighted by Gasteiger charge is -2.10. The first-order valence-electron chi connectivity index (χ1n) is 5.29. The summed E-state index contributed by atoms with van der Waals surface area (Å²) in [5, 5.41) is 16.2. The summed E-state index contributed by atoms with van der Waals surface area (Å²) >= 11 is 0. The maximum atomic E-state index is 9.82. The normalized spacial score (nSPS) is 10.6. The van der Waals surface area contributed by atoms with Gasteiger partial charge < -0.3 is 15.7 Å². The Bertz CT molecular complexity index is 324. The van der Waals surface area contributed by atoms with Crippen LogP contribution in [0.3, 0.4) is 0 Å². The average molecular weight is 208 g/mol. The second kappa shape index (κ2) is 5.73. The van der Waals surface area contributed by atoms with E-state index < -0.39 is 0 Å². The van der Waals surface area contributed by atoms with Crippen LogP contribution in [-0.2, 0) is 6.54 Å². The minimum atomic E-state index is 0.414. The Morgan fingerprint density at radius 3 is 2.60 bits per heavy atom. The molecular formula is C12H20N2O. The largest absolute Gasteiger partial charge is 0.507 e. The van der Waals surface area contributed by atoms with Gasteiger partial charge in [0.1, 0.15) is 5.75 Å². The van der Waals surface area contributed by atoms with Crippen LogP contribution in [0.4, 0.5) is 0 Å². The molecule has 0 bridgehead atoms. The van der Waals surface area contributed by atoms with Crippen molar-refractivity contribution in [1.82, 2.24) is 10.6 Å². The van der Waals surface area contributed by atoms with Gasteiger partial charge in [0.15, 0.2) is 0 Å². The van der Waals surface area contributed by atoms with Crippen molar-refractivity contribution < 1.29 is 5.11 Å². The van der Waals surface area contributed by atoms with E-state index in [1.165, 1.54) is 5.56 Å². The summed E-state index contributed by atoms with van der Waals surface area (Å²) in [7, 11) is 1.93. The topological polar surface area (TPSA) is 44.3 Å². The molecule has 1 rings (SSSR count). The van der Waals surface area contributed by atoms with Crippen molar-refractivity contribution in [3.63, 3.8) is 0 Å². The van der Waals surface area contributed by atoms with Gasteiger partial charge in [0.05, 0.1) is 0 Å². The zero-order chi connectivity index (χ0) is 11.3. The van der Waals surface area contributed by atoms with E-state index in [1.54, 1.807) is 0 Å². The van der Waals surface area contributed by atoms with Crippen molar-refractivity contribution in [2.45, 2.75) is 20.4 Å². The molecule has 0 atom stereocenters. The van der Waals surface area contributed by atoms with E-state index in [0.29, 0.717) is 5.75 Å². The molecule has 3 N–H and O–H groups in total. The van der Waals surface area contributed by atoms with Crippen molar-refractivity contribution in [2.75, 3.05) is 20.1 Å². The fourth-order valence-electron chi connectivity index (χ4n) is 1.62. The van der Waals surface area contributed by atoms with Gasteiger partial charge in [0.25, 0.3) is 0 Å². The van der Waals surface area contributed by atoms with Gasteiger partial charge in [0.2, 0.25) is 0 Å². The Hall–Kier alpha value is -1.06. The van der Waals surface area contributed by atoms with E-state index in [-0.39, 0.29) is 0 Å². The van der Waals surface area contributed by atoms with Crippen LogP contribution in [0, 0.1) is 13.8 Å². The molecule has 3 heteroatoms. The Morgan fingerprint density at radius 1 is 1.20 bits per heavy atom.